The smallest absolute Gasteiger partial charge is 0.397 e. The van der Waals surface area contributed by atoms with Crippen molar-refractivity contribution in [1.29, 1.82) is 0 Å². The van der Waals surface area contributed by atoms with E-state index in [0.717, 1.165) is 37.7 Å². The second-order valence-electron chi connectivity index (χ2n) is 28.0. The minimum Gasteiger partial charge on any atom is -0.465 e. The van der Waals surface area contributed by atoms with Gasteiger partial charge < -0.3 is 83.5 Å². The van der Waals surface area contributed by atoms with Crippen LogP contribution in [-0.2, 0) is 96.0 Å². The fourth-order valence-corrected chi connectivity index (χ4v) is 15.4. The summed E-state index contributed by atoms with van der Waals surface area (Å²) < 4.78 is 163. The first-order chi connectivity index (χ1) is 46.7. The molecular weight excluding hydrogens is 1380 g/mol. The molecule has 0 radical (unpaired) electrons. The Hall–Kier alpha value is -3.61. The van der Waals surface area contributed by atoms with E-state index in [1.54, 1.807) is 31.2 Å². The normalized spacial score (nSPS) is 33.8. The van der Waals surface area contributed by atoms with Crippen LogP contribution in [0, 0.1) is 17.8 Å². The van der Waals surface area contributed by atoms with Gasteiger partial charge in [-0.2, -0.15) is 25.3 Å². The lowest BCUT2D eigenvalue weighted by Crippen LogP contribution is -2.60. The standard InChI is InChI=1S/C66H104O31S3/c1-39(16-10-9-14-30-86-55(72)18-12-8-11-17-47(67)57(74)53(96-99(80,81)82)34-49(69)60(97-100(83,84)85)50(70)38-89-98(77,78)79)37-87-62(75)63(7,76)36-46-21-22-54(71)66(92-46)35-40(2)32-52(93-66)41(3)19-20-45-24-28-65(91-45)29-25-51-61(95-65)56(73)44(6)59(90-51)48(68)33-43(5)58-42(4)23-27-64(94-58)26-13-15-31-88-64/h8-10,12,16,19-20,35,41-43,45-54,56-61,67-71,73-74,76H,6,11,13-15,17-18,21-34,36-38H2,1-5,7H3,(H,77,78,79)(H,80,81,82)(H,83,84,85). The highest BCUT2D eigenvalue weighted by Gasteiger charge is 2.55. The first-order valence-electron chi connectivity index (χ1n) is 34.2. The molecule has 3 spiro atoms. The van der Waals surface area contributed by atoms with Crippen molar-refractivity contribution in [2.24, 2.45) is 17.8 Å². The third kappa shape index (κ3) is 24.5. The molecule has 23 unspecified atom stereocenters. The van der Waals surface area contributed by atoms with E-state index in [9.17, 15) is 80.2 Å². The van der Waals surface area contributed by atoms with Crippen molar-refractivity contribution in [2.75, 3.05) is 26.4 Å². The van der Waals surface area contributed by atoms with Crippen molar-refractivity contribution in [3.05, 3.63) is 71.9 Å². The van der Waals surface area contributed by atoms with E-state index in [-0.39, 0.29) is 75.8 Å². The number of carbonyl (C=O) groups excluding carboxylic acids is 2. The first-order valence-corrected chi connectivity index (χ1v) is 38.3. The summed E-state index contributed by atoms with van der Waals surface area (Å²) in [6, 6.07) is 0. The molecule has 23 atom stereocenters. The van der Waals surface area contributed by atoms with Crippen molar-refractivity contribution < 1.29 is 145 Å². The van der Waals surface area contributed by atoms with Gasteiger partial charge in [-0.1, -0.05) is 75.5 Å². The zero-order valence-electron chi connectivity index (χ0n) is 57.4. The monoisotopic (exact) mass is 1490 g/mol. The molecule has 100 heavy (non-hydrogen) atoms. The summed E-state index contributed by atoms with van der Waals surface area (Å²) in [6.07, 6.45) is -0.0982. The lowest BCUT2D eigenvalue weighted by molar-refractivity contribution is -0.321. The number of ether oxygens (including phenoxy) is 9. The molecule has 0 amide bonds. The van der Waals surface area contributed by atoms with Crippen LogP contribution in [0.5, 0.6) is 0 Å². The third-order valence-corrected chi connectivity index (χ3v) is 20.8. The molecule has 7 rings (SSSR count). The van der Waals surface area contributed by atoms with Crippen LogP contribution in [0.15, 0.2) is 71.9 Å². The number of rotatable bonds is 34. The molecule has 0 aromatic heterocycles. The van der Waals surface area contributed by atoms with Crippen molar-refractivity contribution in [3.8, 4) is 0 Å². The highest BCUT2D eigenvalue weighted by Crippen LogP contribution is 2.48. The maximum Gasteiger partial charge on any atom is 0.397 e. The maximum absolute atomic E-state index is 13.3. The molecule has 6 saturated heterocycles. The molecule has 0 aromatic rings. The molecule has 31 nitrogen and oxygen atoms in total. The summed E-state index contributed by atoms with van der Waals surface area (Å²) in [5.74, 6) is -4.45. The van der Waals surface area contributed by atoms with Crippen LogP contribution in [0.25, 0.3) is 0 Å². The molecule has 0 bridgehead atoms. The summed E-state index contributed by atoms with van der Waals surface area (Å²) in [5.41, 5.74) is -0.0749. The Labute approximate surface area is 585 Å². The molecule has 0 aromatic carbocycles. The van der Waals surface area contributed by atoms with Gasteiger partial charge in [0.05, 0.1) is 75.1 Å². The Morgan fingerprint density at radius 2 is 1.51 bits per heavy atom. The van der Waals surface area contributed by atoms with Gasteiger partial charge in [-0.3, -0.25) is 18.5 Å². The molecule has 7 heterocycles. The number of hydrogen-bond acceptors (Lipinski definition) is 28. The number of allylic oxidation sites excluding steroid dienone is 3. The average Bonchev–Trinajstić information content (AvgIpc) is 1.27. The summed E-state index contributed by atoms with van der Waals surface area (Å²) in [6.45, 7) is 14.5. The maximum atomic E-state index is 13.3. The van der Waals surface area contributed by atoms with Crippen molar-refractivity contribution in [3.63, 3.8) is 0 Å². The van der Waals surface area contributed by atoms with Crippen LogP contribution in [-0.4, -0.2) is 239 Å². The van der Waals surface area contributed by atoms with Gasteiger partial charge >= 0.3 is 43.1 Å². The van der Waals surface area contributed by atoms with Crippen LogP contribution < -0.4 is 0 Å². The number of esters is 2. The van der Waals surface area contributed by atoms with Gasteiger partial charge in [0.1, 0.15) is 55.4 Å². The molecule has 6 fully saturated rings. The molecule has 0 saturated carbocycles. The molecule has 11 N–H and O–H groups in total. The van der Waals surface area contributed by atoms with Crippen LogP contribution in [0.1, 0.15) is 164 Å². The first kappa shape index (κ1) is 83.7. The Morgan fingerprint density at radius 1 is 0.800 bits per heavy atom. The van der Waals surface area contributed by atoms with Crippen LogP contribution in [0.4, 0.5) is 0 Å². The quantitative estimate of drug-likeness (QED) is 0.0143. The highest BCUT2D eigenvalue weighted by molar-refractivity contribution is 7.81. The summed E-state index contributed by atoms with van der Waals surface area (Å²) in [5, 5.41) is 88.2. The van der Waals surface area contributed by atoms with Crippen molar-refractivity contribution in [2.45, 2.75) is 284 Å². The molecule has 0 aliphatic carbocycles. The van der Waals surface area contributed by atoms with Gasteiger partial charge in [-0.25, -0.2) is 17.3 Å². The zero-order valence-corrected chi connectivity index (χ0v) is 59.8. The Balaban J connectivity index is 0.793. The van der Waals surface area contributed by atoms with Crippen molar-refractivity contribution >= 4 is 43.1 Å². The SMILES string of the molecule is C=C1C(O)C2OC3(CCC(C=CC(C)C4CC(C)=CC5(OC(CC(C)(O)C(=O)OCC(C)=CC=CCCOC(=O)CC=CCCC(O)C(O)C(CC(O)C(OS(=O)(=O)O)C(O)COS(=O)(=O)O)OS(=O)(=O)O)CCC5O)O4)O3)CCC2OC1C(O)CC(C)C1OC2(CCCCO2)CCC1C. The number of aliphatic hydroxyl groups excluding tert-OH is 7. The van der Waals surface area contributed by atoms with Crippen LogP contribution in [0.2, 0.25) is 0 Å². The highest BCUT2D eigenvalue weighted by atomic mass is 32.3. The minimum atomic E-state index is -5.53. The fraction of sp³-hybridized carbons (Fsp3) is 0.788. The largest absolute Gasteiger partial charge is 0.465 e. The predicted octanol–water partition coefficient (Wildman–Crippen LogP) is 3.86. The van der Waals surface area contributed by atoms with E-state index in [2.05, 4.69) is 33.0 Å². The van der Waals surface area contributed by atoms with Gasteiger partial charge in [-0.15, -0.1) is 0 Å². The Morgan fingerprint density at radius 3 is 2.20 bits per heavy atom. The fourth-order valence-electron chi connectivity index (χ4n) is 14.1. The summed E-state index contributed by atoms with van der Waals surface area (Å²) >= 11 is 0. The van der Waals surface area contributed by atoms with Crippen LogP contribution >= 0.6 is 0 Å². The molecular formula is C66H104O31S3. The average molecular weight is 1490 g/mol. The van der Waals surface area contributed by atoms with E-state index >= 15 is 0 Å². The van der Waals surface area contributed by atoms with Gasteiger partial charge in [0, 0.05) is 44.4 Å². The second-order valence-corrected chi connectivity index (χ2v) is 31.2. The topological polar surface area (TPSA) is 470 Å². The van der Waals surface area contributed by atoms with Gasteiger partial charge in [0.2, 0.25) is 5.79 Å². The van der Waals surface area contributed by atoms with Gasteiger partial charge in [0.15, 0.2) is 17.2 Å². The third-order valence-electron chi connectivity index (χ3n) is 19.4. The minimum absolute atomic E-state index is 0.00391. The molecule has 7 aliphatic rings. The molecule has 572 valence electrons. The summed E-state index contributed by atoms with van der Waals surface area (Å²) in [4.78, 5) is 25.7. The molecule has 34 heteroatoms. The Kier molecular flexibility index (Phi) is 30.2. The lowest BCUT2D eigenvalue weighted by atomic mass is 9.79. The number of aliphatic hydroxyl groups is 8. The van der Waals surface area contributed by atoms with Crippen molar-refractivity contribution in [1.82, 2.24) is 0 Å². The summed E-state index contributed by atoms with van der Waals surface area (Å²) in [7, 11) is -16.2. The lowest BCUT2D eigenvalue weighted by Gasteiger charge is -2.50. The van der Waals surface area contributed by atoms with E-state index in [1.165, 1.54) is 19.1 Å². The number of fused-ring (bicyclic) bond motifs is 1. The number of carbonyl (C=O) groups is 2. The van der Waals surface area contributed by atoms with E-state index in [0.29, 0.717) is 68.6 Å². The zero-order chi connectivity index (χ0) is 73.8. The van der Waals surface area contributed by atoms with Gasteiger partial charge in [0.25, 0.3) is 0 Å². The van der Waals surface area contributed by atoms with E-state index in [4.69, 9.17) is 51.7 Å². The van der Waals surface area contributed by atoms with Gasteiger partial charge in [-0.05, 0) is 127 Å². The van der Waals surface area contributed by atoms with E-state index in [1.807, 2.05) is 26.0 Å². The number of hydrogen-bond donors (Lipinski definition) is 11. The molecule has 7 aliphatic heterocycles. The van der Waals surface area contributed by atoms with E-state index < -0.39 is 165 Å². The predicted molar refractivity (Wildman–Crippen MR) is 351 cm³/mol. The Bertz CT molecular complexity index is 3220. The van der Waals surface area contributed by atoms with Crippen LogP contribution in [0.3, 0.4) is 0 Å². The second kappa shape index (κ2) is 36.1.